The number of hydrogen-bond donors (Lipinski definition) is 1. The zero-order valence-electron chi connectivity index (χ0n) is 13.5. The molecule has 7 nitrogen and oxygen atoms in total. The van der Waals surface area contributed by atoms with Gasteiger partial charge in [-0.15, -0.1) is 0 Å². The maximum absolute atomic E-state index is 12.3. The highest BCUT2D eigenvalue weighted by molar-refractivity contribution is 6.06. The fourth-order valence-corrected chi connectivity index (χ4v) is 2.42. The lowest BCUT2D eigenvalue weighted by atomic mass is 10.1. The van der Waals surface area contributed by atoms with Gasteiger partial charge in [0.2, 0.25) is 0 Å². The molecular formula is C18H16N4O3. The molecule has 3 aromatic rings. The van der Waals surface area contributed by atoms with Crippen LogP contribution in [0.5, 0.6) is 0 Å². The van der Waals surface area contributed by atoms with Gasteiger partial charge in [-0.05, 0) is 18.6 Å². The molecule has 1 amide bonds. The van der Waals surface area contributed by atoms with Gasteiger partial charge in [0.1, 0.15) is 5.56 Å². The Bertz CT molecular complexity index is 916. The molecule has 1 N–H and O–H groups in total. The minimum Gasteiger partial charge on any atom is -0.319 e. The summed E-state index contributed by atoms with van der Waals surface area (Å²) in [7, 11) is 0. The number of anilines is 1. The molecule has 0 unspecified atom stereocenters. The van der Waals surface area contributed by atoms with Crippen LogP contribution in [0.25, 0.3) is 0 Å². The molecule has 1 aromatic heterocycles. The zero-order valence-corrected chi connectivity index (χ0v) is 13.5. The molecule has 0 fully saturated rings. The van der Waals surface area contributed by atoms with Gasteiger partial charge in [-0.25, -0.2) is 0 Å². The lowest BCUT2D eigenvalue weighted by Crippen LogP contribution is -2.13. The third kappa shape index (κ3) is 3.89. The molecule has 7 heteroatoms. The maximum Gasteiger partial charge on any atom is 0.282 e. The summed E-state index contributed by atoms with van der Waals surface area (Å²) in [5, 5.41) is 17.9. The first-order valence-corrected chi connectivity index (χ1v) is 7.66. The SMILES string of the molecule is Cc1ccc(Cn2cc(NC(=O)c3ccccc3[N+](=O)[O-])cn2)cc1. The molecule has 0 spiro atoms. The number of aryl methyl sites for hydroxylation is 1. The molecule has 0 atom stereocenters. The highest BCUT2D eigenvalue weighted by Gasteiger charge is 2.19. The molecule has 0 bridgehead atoms. The first-order valence-electron chi connectivity index (χ1n) is 7.66. The van der Waals surface area contributed by atoms with Crippen molar-refractivity contribution in [3.63, 3.8) is 0 Å². The Balaban J connectivity index is 1.72. The molecule has 0 aliphatic rings. The molecule has 0 radical (unpaired) electrons. The molecule has 0 saturated heterocycles. The molecule has 1 heterocycles. The van der Waals surface area contributed by atoms with E-state index in [2.05, 4.69) is 10.4 Å². The molecular weight excluding hydrogens is 320 g/mol. The average Bonchev–Trinajstić information content (AvgIpc) is 3.03. The van der Waals surface area contributed by atoms with Gasteiger partial charge in [-0.1, -0.05) is 42.0 Å². The van der Waals surface area contributed by atoms with Crippen molar-refractivity contribution in [2.24, 2.45) is 0 Å². The smallest absolute Gasteiger partial charge is 0.282 e. The van der Waals surface area contributed by atoms with Gasteiger partial charge < -0.3 is 5.32 Å². The summed E-state index contributed by atoms with van der Waals surface area (Å²) in [5.74, 6) is -0.540. The topological polar surface area (TPSA) is 90.1 Å². The third-order valence-corrected chi connectivity index (χ3v) is 3.70. The second kappa shape index (κ2) is 6.96. The van der Waals surface area contributed by atoms with E-state index in [1.54, 1.807) is 16.9 Å². The molecule has 0 aliphatic heterocycles. The zero-order chi connectivity index (χ0) is 17.8. The lowest BCUT2D eigenvalue weighted by Gasteiger charge is -2.04. The van der Waals surface area contributed by atoms with E-state index in [0.717, 1.165) is 5.56 Å². The predicted molar refractivity (Wildman–Crippen MR) is 93.6 cm³/mol. The minimum atomic E-state index is -0.574. The van der Waals surface area contributed by atoms with E-state index in [1.165, 1.54) is 30.0 Å². The predicted octanol–water partition coefficient (Wildman–Crippen LogP) is 3.40. The maximum atomic E-state index is 12.3. The fourth-order valence-electron chi connectivity index (χ4n) is 2.42. The monoisotopic (exact) mass is 336 g/mol. The second-order valence-corrected chi connectivity index (χ2v) is 5.64. The molecule has 126 valence electrons. The molecule has 2 aromatic carbocycles. The van der Waals surface area contributed by atoms with Gasteiger partial charge in [-0.3, -0.25) is 19.6 Å². The molecule has 3 rings (SSSR count). The van der Waals surface area contributed by atoms with Crippen molar-refractivity contribution in [1.82, 2.24) is 9.78 Å². The van der Waals surface area contributed by atoms with Crippen molar-refractivity contribution in [1.29, 1.82) is 0 Å². The van der Waals surface area contributed by atoms with E-state index in [9.17, 15) is 14.9 Å². The summed E-state index contributed by atoms with van der Waals surface area (Å²) in [6, 6.07) is 13.9. The highest BCUT2D eigenvalue weighted by atomic mass is 16.6. The van der Waals surface area contributed by atoms with Crippen molar-refractivity contribution < 1.29 is 9.72 Å². The third-order valence-electron chi connectivity index (χ3n) is 3.70. The van der Waals surface area contributed by atoms with E-state index in [0.29, 0.717) is 12.2 Å². The van der Waals surface area contributed by atoms with Crippen LogP contribution in [-0.2, 0) is 6.54 Å². The summed E-state index contributed by atoms with van der Waals surface area (Å²) >= 11 is 0. The largest absolute Gasteiger partial charge is 0.319 e. The quantitative estimate of drug-likeness (QED) is 0.571. The number of nitrogens with one attached hydrogen (secondary N) is 1. The minimum absolute atomic E-state index is 0.0128. The Morgan fingerprint density at radius 2 is 1.92 bits per heavy atom. The lowest BCUT2D eigenvalue weighted by molar-refractivity contribution is -0.385. The van der Waals surface area contributed by atoms with E-state index in [1.807, 2.05) is 31.2 Å². The molecule has 25 heavy (non-hydrogen) atoms. The standard InChI is InChI=1S/C18H16N4O3/c1-13-6-8-14(9-7-13)11-21-12-15(10-19-21)20-18(23)16-4-2-3-5-17(16)22(24)25/h2-10,12H,11H2,1H3,(H,20,23). The summed E-state index contributed by atoms with van der Waals surface area (Å²) in [5.41, 5.74) is 2.54. The van der Waals surface area contributed by atoms with Crippen LogP contribution in [0.4, 0.5) is 11.4 Å². The molecule has 0 saturated carbocycles. The van der Waals surface area contributed by atoms with Crippen LogP contribution in [-0.4, -0.2) is 20.6 Å². The van der Waals surface area contributed by atoms with Crippen molar-refractivity contribution in [3.05, 3.63) is 87.7 Å². The van der Waals surface area contributed by atoms with Gasteiger partial charge >= 0.3 is 0 Å². The van der Waals surface area contributed by atoms with Crippen LogP contribution in [0, 0.1) is 17.0 Å². The Kier molecular flexibility index (Phi) is 4.56. The summed E-state index contributed by atoms with van der Waals surface area (Å²) in [4.78, 5) is 22.7. The number of nitro benzene ring substituents is 1. The number of amides is 1. The fraction of sp³-hybridized carbons (Fsp3) is 0.111. The first kappa shape index (κ1) is 16.4. The first-order chi connectivity index (χ1) is 12.0. The van der Waals surface area contributed by atoms with Crippen LogP contribution >= 0.6 is 0 Å². The van der Waals surface area contributed by atoms with Gasteiger partial charge in [-0.2, -0.15) is 5.10 Å². The van der Waals surface area contributed by atoms with Crippen LogP contribution < -0.4 is 5.32 Å². The summed E-state index contributed by atoms with van der Waals surface area (Å²) in [6.07, 6.45) is 3.20. The Morgan fingerprint density at radius 3 is 2.64 bits per heavy atom. The number of aromatic nitrogens is 2. The number of benzene rings is 2. The average molecular weight is 336 g/mol. The summed E-state index contributed by atoms with van der Waals surface area (Å²) < 4.78 is 1.69. The Labute approximate surface area is 144 Å². The number of nitrogens with zero attached hydrogens (tertiary/aromatic N) is 3. The van der Waals surface area contributed by atoms with Crippen molar-refractivity contribution in [2.45, 2.75) is 13.5 Å². The second-order valence-electron chi connectivity index (χ2n) is 5.64. The van der Waals surface area contributed by atoms with Crippen molar-refractivity contribution >= 4 is 17.3 Å². The number of hydrogen-bond acceptors (Lipinski definition) is 4. The number of rotatable bonds is 5. The summed E-state index contributed by atoms with van der Waals surface area (Å²) in [6.45, 7) is 2.59. The van der Waals surface area contributed by atoms with E-state index in [-0.39, 0.29) is 11.3 Å². The van der Waals surface area contributed by atoms with Crippen LogP contribution in [0.2, 0.25) is 0 Å². The van der Waals surface area contributed by atoms with E-state index >= 15 is 0 Å². The van der Waals surface area contributed by atoms with Crippen LogP contribution in [0.1, 0.15) is 21.5 Å². The van der Waals surface area contributed by atoms with E-state index in [4.69, 9.17) is 0 Å². The number of carbonyl (C=O) groups is 1. The molecule has 0 aliphatic carbocycles. The van der Waals surface area contributed by atoms with E-state index < -0.39 is 10.8 Å². The van der Waals surface area contributed by atoms with Crippen LogP contribution in [0.3, 0.4) is 0 Å². The van der Waals surface area contributed by atoms with Gasteiger partial charge in [0.05, 0.1) is 23.4 Å². The number of nitro groups is 1. The Morgan fingerprint density at radius 1 is 1.20 bits per heavy atom. The highest BCUT2D eigenvalue weighted by Crippen LogP contribution is 2.19. The van der Waals surface area contributed by atoms with Gasteiger partial charge in [0, 0.05) is 12.3 Å². The van der Waals surface area contributed by atoms with Crippen molar-refractivity contribution in [2.75, 3.05) is 5.32 Å². The number of carbonyl (C=O) groups excluding carboxylic acids is 1. The van der Waals surface area contributed by atoms with Gasteiger partial charge in [0.25, 0.3) is 11.6 Å². The van der Waals surface area contributed by atoms with Crippen LogP contribution in [0.15, 0.2) is 60.9 Å². The van der Waals surface area contributed by atoms with Crippen molar-refractivity contribution in [3.8, 4) is 0 Å². The number of para-hydroxylation sites is 1. The van der Waals surface area contributed by atoms with Gasteiger partial charge in [0.15, 0.2) is 0 Å². The Hall–Kier alpha value is -3.48. The normalized spacial score (nSPS) is 10.4.